The summed E-state index contributed by atoms with van der Waals surface area (Å²) in [5.74, 6) is -0.219. The van der Waals surface area contributed by atoms with Crippen molar-refractivity contribution < 1.29 is 4.39 Å². The lowest BCUT2D eigenvalue weighted by molar-refractivity contribution is 0.558. The molecule has 1 aromatic heterocycles. The molecule has 1 heterocycles. The van der Waals surface area contributed by atoms with E-state index in [1.807, 2.05) is 38.9 Å². The molecule has 1 N–H and O–H groups in total. The highest BCUT2D eigenvalue weighted by Crippen LogP contribution is 2.38. The van der Waals surface area contributed by atoms with Crippen LogP contribution in [-0.4, -0.2) is 30.8 Å². The molecule has 0 aliphatic rings. The van der Waals surface area contributed by atoms with Gasteiger partial charge in [-0.3, -0.25) is 0 Å². The van der Waals surface area contributed by atoms with Gasteiger partial charge in [0.2, 0.25) is 5.13 Å². The summed E-state index contributed by atoms with van der Waals surface area (Å²) < 4.78 is 14.9. The van der Waals surface area contributed by atoms with E-state index in [0.717, 1.165) is 21.6 Å². The predicted molar refractivity (Wildman–Crippen MR) is 86.9 cm³/mol. The number of rotatable bonds is 6. The molecule has 0 fully saturated rings. The van der Waals surface area contributed by atoms with Gasteiger partial charge in [0.15, 0.2) is 4.34 Å². The van der Waals surface area contributed by atoms with Crippen LogP contribution in [0.5, 0.6) is 0 Å². The van der Waals surface area contributed by atoms with Crippen molar-refractivity contribution in [1.29, 1.82) is 0 Å². The van der Waals surface area contributed by atoms with E-state index in [1.54, 1.807) is 6.07 Å². The molecular weight excluding hydrogens is 307 g/mol. The number of hydrogen-bond acceptors (Lipinski definition) is 6. The van der Waals surface area contributed by atoms with Crippen molar-refractivity contribution in [1.82, 2.24) is 15.5 Å². The Hall–Kier alpha value is -1.18. The molecular formula is C14H19FN4S2. The molecule has 0 spiro atoms. The van der Waals surface area contributed by atoms with Gasteiger partial charge in [0.25, 0.3) is 0 Å². The average Bonchev–Trinajstić information content (AvgIpc) is 2.90. The monoisotopic (exact) mass is 326 g/mol. The Morgan fingerprint density at radius 3 is 2.76 bits per heavy atom. The molecule has 0 saturated heterocycles. The first-order chi connectivity index (χ1) is 10.0. The summed E-state index contributed by atoms with van der Waals surface area (Å²) in [6, 6.07) is 5.27. The molecule has 21 heavy (non-hydrogen) atoms. The third-order valence-electron chi connectivity index (χ3n) is 2.94. The molecule has 1 unspecified atom stereocenters. The van der Waals surface area contributed by atoms with Crippen molar-refractivity contribution in [3.05, 3.63) is 29.6 Å². The maximum Gasteiger partial charge on any atom is 0.208 e. The van der Waals surface area contributed by atoms with Crippen LogP contribution in [-0.2, 0) is 0 Å². The van der Waals surface area contributed by atoms with Gasteiger partial charge in [-0.15, -0.1) is 10.2 Å². The topological polar surface area (TPSA) is 41.1 Å². The zero-order valence-electron chi connectivity index (χ0n) is 12.6. The van der Waals surface area contributed by atoms with Crippen molar-refractivity contribution in [2.24, 2.45) is 0 Å². The fourth-order valence-corrected chi connectivity index (χ4v) is 3.83. The van der Waals surface area contributed by atoms with E-state index in [1.165, 1.54) is 29.2 Å². The lowest BCUT2D eigenvalue weighted by Gasteiger charge is -2.16. The second kappa shape index (κ2) is 7.20. The minimum Gasteiger partial charge on any atom is -0.353 e. The smallest absolute Gasteiger partial charge is 0.208 e. The minimum atomic E-state index is -0.219. The average molecular weight is 326 g/mol. The number of halogens is 1. The van der Waals surface area contributed by atoms with Crippen LogP contribution in [0.3, 0.4) is 0 Å². The Balaban J connectivity index is 2.29. The molecule has 0 radical (unpaired) electrons. The summed E-state index contributed by atoms with van der Waals surface area (Å²) >= 11 is 2.79. The molecule has 0 amide bonds. The van der Waals surface area contributed by atoms with Crippen LogP contribution in [0.15, 0.2) is 27.4 Å². The normalized spacial score (nSPS) is 12.4. The first-order valence-corrected chi connectivity index (χ1v) is 8.36. The molecule has 2 rings (SSSR count). The molecule has 0 aliphatic carbocycles. The number of aromatic nitrogens is 2. The summed E-state index contributed by atoms with van der Waals surface area (Å²) in [7, 11) is 3.83. The van der Waals surface area contributed by atoms with E-state index in [2.05, 4.69) is 15.5 Å². The standard InChI is InChI=1S/C14H19FN4S2/c1-5-16-9(2)10-7-6-8-11(15)12(10)20-14-18-17-13(21-14)19(3)4/h6-9,16H,5H2,1-4H3. The van der Waals surface area contributed by atoms with Crippen molar-refractivity contribution in [2.45, 2.75) is 29.1 Å². The second-order valence-corrected chi connectivity index (χ2v) is 7.00. The van der Waals surface area contributed by atoms with E-state index >= 15 is 0 Å². The van der Waals surface area contributed by atoms with Gasteiger partial charge in [-0.2, -0.15) is 0 Å². The van der Waals surface area contributed by atoms with Gasteiger partial charge in [-0.25, -0.2) is 4.39 Å². The van der Waals surface area contributed by atoms with Crippen LogP contribution < -0.4 is 10.2 Å². The third-order valence-corrected chi connectivity index (χ3v) is 5.22. The van der Waals surface area contributed by atoms with E-state index in [9.17, 15) is 4.39 Å². The highest BCUT2D eigenvalue weighted by Gasteiger charge is 2.17. The summed E-state index contributed by atoms with van der Waals surface area (Å²) in [4.78, 5) is 2.51. The maximum absolute atomic E-state index is 14.2. The fraction of sp³-hybridized carbons (Fsp3) is 0.429. The van der Waals surface area contributed by atoms with Gasteiger partial charge in [-0.1, -0.05) is 42.2 Å². The van der Waals surface area contributed by atoms with Crippen LogP contribution in [0, 0.1) is 5.82 Å². The molecule has 0 saturated carbocycles. The SMILES string of the molecule is CCNC(C)c1cccc(F)c1Sc1nnc(N(C)C)s1. The fourth-order valence-electron chi connectivity index (χ4n) is 1.90. The summed E-state index contributed by atoms with van der Waals surface area (Å²) in [6.45, 7) is 4.91. The lowest BCUT2D eigenvalue weighted by Crippen LogP contribution is -2.18. The third kappa shape index (κ3) is 3.93. The number of nitrogens with zero attached hydrogens (tertiary/aromatic N) is 3. The molecule has 1 atom stereocenters. The van der Waals surface area contributed by atoms with Crippen molar-refractivity contribution >= 4 is 28.2 Å². The second-order valence-electron chi connectivity index (χ2n) is 4.78. The van der Waals surface area contributed by atoms with Crippen molar-refractivity contribution in [2.75, 3.05) is 25.5 Å². The number of benzene rings is 1. The summed E-state index contributed by atoms with van der Waals surface area (Å²) in [5, 5.41) is 12.3. The first-order valence-electron chi connectivity index (χ1n) is 6.73. The van der Waals surface area contributed by atoms with E-state index in [4.69, 9.17) is 0 Å². The molecule has 0 aliphatic heterocycles. The van der Waals surface area contributed by atoms with Gasteiger partial charge in [0.05, 0.1) is 4.90 Å². The number of anilines is 1. The number of hydrogen-bond donors (Lipinski definition) is 1. The first kappa shape index (κ1) is 16.2. The summed E-state index contributed by atoms with van der Waals surface area (Å²) in [6.07, 6.45) is 0. The Kier molecular flexibility index (Phi) is 5.55. The van der Waals surface area contributed by atoms with Crippen LogP contribution in [0.2, 0.25) is 0 Å². The van der Waals surface area contributed by atoms with Crippen LogP contribution in [0.1, 0.15) is 25.5 Å². The molecule has 4 nitrogen and oxygen atoms in total. The molecule has 7 heteroatoms. The van der Waals surface area contributed by atoms with E-state index in [-0.39, 0.29) is 11.9 Å². The Morgan fingerprint density at radius 1 is 1.38 bits per heavy atom. The van der Waals surface area contributed by atoms with Gasteiger partial charge < -0.3 is 10.2 Å². The zero-order chi connectivity index (χ0) is 15.4. The van der Waals surface area contributed by atoms with Gasteiger partial charge in [-0.05, 0) is 25.1 Å². The Morgan fingerprint density at radius 2 is 2.14 bits per heavy atom. The maximum atomic E-state index is 14.2. The van der Waals surface area contributed by atoms with Crippen molar-refractivity contribution in [3.63, 3.8) is 0 Å². The van der Waals surface area contributed by atoms with E-state index in [0.29, 0.717) is 4.90 Å². The highest BCUT2D eigenvalue weighted by atomic mass is 32.2. The minimum absolute atomic E-state index is 0.0921. The van der Waals surface area contributed by atoms with Gasteiger partial charge in [0, 0.05) is 20.1 Å². The molecule has 0 bridgehead atoms. The van der Waals surface area contributed by atoms with Crippen LogP contribution in [0.4, 0.5) is 9.52 Å². The molecule has 114 valence electrons. The Labute approximate surface area is 132 Å². The Bertz CT molecular complexity index is 600. The number of nitrogens with one attached hydrogen (secondary N) is 1. The predicted octanol–water partition coefficient (Wildman–Crippen LogP) is 3.56. The van der Waals surface area contributed by atoms with Crippen molar-refractivity contribution in [3.8, 4) is 0 Å². The highest BCUT2D eigenvalue weighted by molar-refractivity contribution is 8.01. The van der Waals surface area contributed by atoms with Crippen LogP contribution >= 0.6 is 23.1 Å². The van der Waals surface area contributed by atoms with Gasteiger partial charge in [0.1, 0.15) is 5.82 Å². The van der Waals surface area contributed by atoms with Gasteiger partial charge >= 0.3 is 0 Å². The summed E-state index contributed by atoms with van der Waals surface area (Å²) in [5.41, 5.74) is 0.948. The van der Waals surface area contributed by atoms with Crippen LogP contribution in [0.25, 0.3) is 0 Å². The quantitative estimate of drug-likeness (QED) is 0.879. The largest absolute Gasteiger partial charge is 0.353 e. The molecule has 1 aromatic carbocycles. The molecule has 2 aromatic rings. The lowest BCUT2D eigenvalue weighted by atomic mass is 10.1. The zero-order valence-corrected chi connectivity index (χ0v) is 14.2. The van der Waals surface area contributed by atoms with E-state index < -0.39 is 0 Å².